The highest BCUT2D eigenvalue weighted by molar-refractivity contribution is 7.89. The lowest BCUT2D eigenvalue weighted by molar-refractivity contribution is -0.255. The molecule has 1 aliphatic heterocycles. The molecular weight excluding hydrogens is 338 g/mol. The molecule has 0 aliphatic carbocycles. The molecule has 0 spiro atoms. The fourth-order valence-electron chi connectivity index (χ4n) is 2.64. The van der Waals surface area contributed by atoms with Crippen molar-refractivity contribution >= 4 is 27.6 Å². The van der Waals surface area contributed by atoms with Gasteiger partial charge in [-0.15, -0.1) is 0 Å². The summed E-state index contributed by atoms with van der Waals surface area (Å²) in [5, 5.41) is 11.0. The maximum Gasteiger partial charge on any atom is 0.244 e. The number of carbonyl (C=O) groups excluding carboxylic acids is 1. The minimum absolute atomic E-state index is 0.00569. The van der Waals surface area contributed by atoms with Gasteiger partial charge in [0.2, 0.25) is 10.0 Å². The minimum Gasteiger partial charge on any atom is -0.545 e. The van der Waals surface area contributed by atoms with E-state index in [1.165, 1.54) is 16.4 Å². The number of hydrogen-bond donors (Lipinski definition) is 0. The van der Waals surface area contributed by atoms with Crippen LogP contribution in [-0.2, 0) is 23.0 Å². The summed E-state index contributed by atoms with van der Waals surface area (Å²) in [6.07, 6.45) is 0.604. The topological polar surface area (TPSA) is 77.5 Å². The second-order valence-corrected chi connectivity index (χ2v) is 7.60. The highest BCUT2D eigenvalue weighted by Crippen LogP contribution is 2.29. The van der Waals surface area contributed by atoms with Gasteiger partial charge in [0, 0.05) is 13.1 Å². The molecule has 0 fully saturated rings. The predicted molar refractivity (Wildman–Crippen MR) is 83.5 cm³/mol. The molecule has 0 unspecified atom stereocenters. The van der Waals surface area contributed by atoms with Crippen molar-refractivity contribution < 1.29 is 18.3 Å². The second-order valence-electron chi connectivity index (χ2n) is 5.29. The van der Waals surface area contributed by atoms with E-state index in [1.54, 1.807) is 0 Å². The van der Waals surface area contributed by atoms with E-state index in [9.17, 15) is 18.3 Å². The van der Waals surface area contributed by atoms with Crippen molar-refractivity contribution in [1.82, 2.24) is 4.31 Å². The van der Waals surface area contributed by atoms with Crippen LogP contribution in [0.25, 0.3) is 0 Å². The molecule has 0 atom stereocenters. The molecule has 2 aromatic rings. The van der Waals surface area contributed by atoms with Crippen LogP contribution in [0.3, 0.4) is 0 Å². The molecule has 7 heteroatoms. The Morgan fingerprint density at radius 2 is 1.83 bits per heavy atom. The van der Waals surface area contributed by atoms with Crippen molar-refractivity contribution in [3.05, 3.63) is 64.2 Å². The molecule has 23 heavy (non-hydrogen) atoms. The number of halogens is 1. The number of rotatable bonds is 3. The van der Waals surface area contributed by atoms with Gasteiger partial charge in [-0.2, -0.15) is 4.31 Å². The average molecular weight is 351 g/mol. The maximum absolute atomic E-state index is 12.8. The largest absolute Gasteiger partial charge is 0.545 e. The number of sulfonamides is 1. The van der Waals surface area contributed by atoms with Crippen molar-refractivity contribution in [2.45, 2.75) is 17.9 Å². The summed E-state index contributed by atoms with van der Waals surface area (Å²) >= 11 is 5.99. The van der Waals surface area contributed by atoms with Gasteiger partial charge in [0.1, 0.15) is 4.90 Å². The third-order valence-electron chi connectivity index (χ3n) is 3.88. The first-order valence-electron chi connectivity index (χ1n) is 6.97. The Morgan fingerprint density at radius 3 is 2.52 bits per heavy atom. The molecule has 0 saturated carbocycles. The lowest BCUT2D eigenvalue weighted by Crippen LogP contribution is -2.36. The van der Waals surface area contributed by atoms with E-state index in [-0.39, 0.29) is 22.0 Å². The first-order chi connectivity index (χ1) is 10.9. The van der Waals surface area contributed by atoms with Gasteiger partial charge < -0.3 is 9.90 Å². The lowest BCUT2D eigenvalue weighted by Gasteiger charge is -2.28. The molecular formula is C16H13ClNO4S-. The maximum atomic E-state index is 12.8. The smallest absolute Gasteiger partial charge is 0.244 e. The summed E-state index contributed by atoms with van der Waals surface area (Å²) in [5.41, 5.74) is 1.84. The summed E-state index contributed by atoms with van der Waals surface area (Å²) in [6.45, 7) is 0.565. The second kappa shape index (κ2) is 5.96. The molecule has 2 aromatic carbocycles. The zero-order valence-corrected chi connectivity index (χ0v) is 13.6. The van der Waals surface area contributed by atoms with Gasteiger partial charge in [-0.1, -0.05) is 41.9 Å². The van der Waals surface area contributed by atoms with Crippen molar-refractivity contribution in [3.8, 4) is 0 Å². The Balaban J connectivity index is 2.00. The number of nitrogens with zero attached hydrogens (tertiary/aromatic N) is 1. The van der Waals surface area contributed by atoms with E-state index in [4.69, 9.17) is 11.6 Å². The summed E-state index contributed by atoms with van der Waals surface area (Å²) < 4.78 is 27.0. The van der Waals surface area contributed by atoms with Crippen LogP contribution in [0.15, 0.2) is 47.4 Å². The summed E-state index contributed by atoms with van der Waals surface area (Å²) in [7, 11) is -3.88. The normalized spacial score (nSPS) is 15.2. The van der Waals surface area contributed by atoms with Gasteiger partial charge in [-0.3, -0.25) is 0 Å². The van der Waals surface area contributed by atoms with E-state index in [1.807, 2.05) is 24.3 Å². The molecule has 1 aliphatic rings. The Bertz CT molecular complexity index is 879. The Hall–Kier alpha value is -1.89. The summed E-state index contributed by atoms with van der Waals surface area (Å²) in [4.78, 5) is 10.8. The number of benzene rings is 2. The van der Waals surface area contributed by atoms with E-state index in [0.717, 1.165) is 17.2 Å². The van der Waals surface area contributed by atoms with Crippen LogP contribution in [0, 0.1) is 0 Å². The molecule has 0 amide bonds. The lowest BCUT2D eigenvalue weighted by atomic mass is 10.0. The van der Waals surface area contributed by atoms with Gasteiger partial charge in [0.15, 0.2) is 0 Å². The monoisotopic (exact) mass is 350 g/mol. The van der Waals surface area contributed by atoms with E-state index < -0.39 is 16.0 Å². The van der Waals surface area contributed by atoms with Crippen LogP contribution in [0.4, 0.5) is 0 Å². The molecule has 3 rings (SSSR count). The van der Waals surface area contributed by atoms with Crippen LogP contribution < -0.4 is 5.11 Å². The highest BCUT2D eigenvalue weighted by Gasteiger charge is 2.30. The van der Waals surface area contributed by atoms with E-state index in [0.29, 0.717) is 13.0 Å². The minimum atomic E-state index is -3.88. The third kappa shape index (κ3) is 2.97. The number of carboxylic acid groups (broad SMARTS) is 1. The van der Waals surface area contributed by atoms with Gasteiger partial charge in [0.05, 0.1) is 11.0 Å². The van der Waals surface area contributed by atoms with Gasteiger partial charge in [0.25, 0.3) is 0 Å². The number of carboxylic acids is 1. The molecule has 0 aromatic heterocycles. The molecule has 0 bridgehead atoms. The van der Waals surface area contributed by atoms with Crippen LogP contribution in [0.1, 0.15) is 21.5 Å². The van der Waals surface area contributed by atoms with E-state index >= 15 is 0 Å². The first-order valence-corrected chi connectivity index (χ1v) is 8.79. The van der Waals surface area contributed by atoms with Crippen LogP contribution in [-0.4, -0.2) is 25.2 Å². The van der Waals surface area contributed by atoms with Gasteiger partial charge in [-0.25, -0.2) is 8.42 Å². The fraction of sp³-hybridized carbons (Fsp3) is 0.188. The van der Waals surface area contributed by atoms with Crippen molar-refractivity contribution in [1.29, 1.82) is 0 Å². The molecule has 0 N–H and O–H groups in total. The van der Waals surface area contributed by atoms with E-state index in [2.05, 4.69) is 0 Å². The van der Waals surface area contributed by atoms with Gasteiger partial charge >= 0.3 is 0 Å². The summed E-state index contributed by atoms with van der Waals surface area (Å²) in [5.74, 6) is -1.44. The zero-order chi connectivity index (χ0) is 16.6. The number of fused-ring (bicyclic) bond motifs is 1. The molecule has 5 nitrogen and oxygen atoms in total. The fourth-order valence-corrected chi connectivity index (χ4v) is 4.56. The number of carbonyl (C=O) groups is 1. The number of aromatic carboxylic acids is 1. The van der Waals surface area contributed by atoms with Gasteiger partial charge in [-0.05, 0) is 35.2 Å². The Morgan fingerprint density at radius 1 is 1.13 bits per heavy atom. The summed E-state index contributed by atoms with van der Waals surface area (Å²) in [6, 6.07) is 11.2. The zero-order valence-electron chi connectivity index (χ0n) is 12.0. The van der Waals surface area contributed by atoms with Crippen molar-refractivity contribution in [2.24, 2.45) is 0 Å². The van der Waals surface area contributed by atoms with Crippen molar-refractivity contribution in [2.75, 3.05) is 6.54 Å². The standard InChI is InChI=1S/C16H14ClNO4S/c17-14-6-5-12(16(19)20)9-15(14)23(21,22)18-8-7-11-3-1-2-4-13(11)10-18/h1-6,9H,7-8,10H2,(H,19,20)/p-1. The molecule has 0 saturated heterocycles. The molecule has 1 heterocycles. The molecule has 0 radical (unpaired) electrons. The molecule has 120 valence electrons. The van der Waals surface area contributed by atoms with Crippen LogP contribution >= 0.6 is 11.6 Å². The quantitative estimate of drug-likeness (QED) is 0.839. The highest BCUT2D eigenvalue weighted by atomic mass is 35.5. The predicted octanol–water partition coefficient (Wildman–Crippen LogP) is 1.45. The average Bonchev–Trinajstić information content (AvgIpc) is 2.54. The SMILES string of the molecule is O=C([O-])c1ccc(Cl)c(S(=O)(=O)N2CCc3ccccc3C2)c1. The Kier molecular flexibility index (Phi) is 4.14. The number of hydrogen-bond acceptors (Lipinski definition) is 4. The van der Waals surface area contributed by atoms with Crippen LogP contribution in [0.2, 0.25) is 5.02 Å². The third-order valence-corrected chi connectivity index (χ3v) is 6.21. The first kappa shape index (κ1) is 16.0. The van der Waals surface area contributed by atoms with Crippen molar-refractivity contribution in [3.63, 3.8) is 0 Å². The van der Waals surface area contributed by atoms with Crippen LogP contribution in [0.5, 0.6) is 0 Å². The Labute approximate surface area is 139 Å².